The maximum absolute atomic E-state index is 11.5. The number of nitrogens with zero attached hydrogens (tertiary/aromatic N) is 1. The number of carbonyl (C=O) groups is 1. The van der Waals surface area contributed by atoms with E-state index in [9.17, 15) is 4.79 Å². The average Bonchev–Trinajstić information content (AvgIpc) is 2.47. The molecule has 1 fully saturated rings. The van der Waals surface area contributed by atoms with Crippen LogP contribution in [0.15, 0.2) is 22.7 Å². The molecule has 112 valence electrons. The Hall–Kier alpha value is -1.51. The summed E-state index contributed by atoms with van der Waals surface area (Å²) in [5.74, 6) is 3.49. The summed E-state index contributed by atoms with van der Waals surface area (Å²) in [4.78, 5) is 13.3. The van der Waals surface area contributed by atoms with Gasteiger partial charge < -0.3 is 15.0 Å². The second-order valence-electron chi connectivity index (χ2n) is 5.14. The smallest absolute Gasteiger partial charge is 0.222 e. The molecule has 0 radical (unpaired) electrons. The number of hydrogen-bond donors (Lipinski definition) is 1. The summed E-state index contributed by atoms with van der Waals surface area (Å²) in [5, 5.41) is 3.49. The number of rotatable bonds is 5. The van der Waals surface area contributed by atoms with Crippen LogP contribution in [0.1, 0.15) is 18.4 Å². The molecular weight excluding hydrogens is 332 g/mol. The van der Waals surface area contributed by atoms with Crippen LogP contribution in [-0.4, -0.2) is 37.0 Å². The minimum absolute atomic E-state index is 0.216. The Morgan fingerprint density at radius 3 is 3.10 bits per heavy atom. The van der Waals surface area contributed by atoms with Gasteiger partial charge in [-0.15, -0.1) is 6.42 Å². The van der Waals surface area contributed by atoms with E-state index in [1.165, 1.54) is 0 Å². The van der Waals surface area contributed by atoms with Gasteiger partial charge in [0, 0.05) is 42.6 Å². The van der Waals surface area contributed by atoms with Crippen molar-refractivity contribution in [2.45, 2.75) is 25.4 Å². The maximum Gasteiger partial charge on any atom is 0.222 e. The van der Waals surface area contributed by atoms with Gasteiger partial charge >= 0.3 is 0 Å². The number of terminal acetylenes is 1. The number of ether oxygens (including phenoxy) is 1. The number of benzene rings is 1. The molecule has 1 saturated heterocycles. The van der Waals surface area contributed by atoms with Crippen LogP contribution in [0.25, 0.3) is 0 Å². The van der Waals surface area contributed by atoms with Crippen LogP contribution in [0.2, 0.25) is 0 Å². The van der Waals surface area contributed by atoms with Crippen molar-refractivity contribution in [3.8, 4) is 18.1 Å². The lowest BCUT2D eigenvalue weighted by atomic mass is 10.1. The fourth-order valence-electron chi connectivity index (χ4n) is 2.38. The molecule has 1 unspecified atom stereocenters. The number of piperidine rings is 1. The highest BCUT2D eigenvalue weighted by Gasteiger charge is 2.22. The fraction of sp³-hybridized carbons (Fsp3) is 0.438. The second-order valence-corrected chi connectivity index (χ2v) is 6.05. The molecule has 2 rings (SSSR count). The van der Waals surface area contributed by atoms with E-state index in [2.05, 4.69) is 27.2 Å². The quantitative estimate of drug-likeness (QED) is 0.827. The average molecular weight is 351 g/mol. The molecule has 0 aliphatic carbocycles. The van der Waals surface area contributed by atoms with Gasteiger partial charge in [-0.3, -0.25) is 4.79 Å². The molecule has 1 aromatic rings. The van der Waals surface area contributed by atoms with Crippen LogP contribution >= 0.6 is 15.9 Å². The summed E-state index contributed by atoms with van der Waals surface area (Å²) in [7, 11) is 1.84. The van der Waals surface area contributed by atoms with E-state index in [0.29, 0.717) is 19.0 Å². The Bertz CT molecular complexity index is 554. The molecule has 4 nitrogen and oxygen atoms in total. The Kier molecular flexibility index (Phi) is 5.66. The largest absolute Gasteiger partial charge is 0.481 e. The van der Waals surface area contributed by atoms with Gasteiger partial charge in [-0.05, 0) is 24.6 Å². The summed E-state index contributed by atoms with van der Waals surface area (Å²) >= 11 is 3.47. The monoisotopic (exact) mass is 350 g/mol. The van der Waals surface area contributed by atoms with E-state index in [1.54, 1.807) is 4.90 Å². The van der Waals surface area contributed by atoms with Gasteiger partial charge in [-0.2, -0.15) is 0 Å². The van der Waals surface area contributed by atoms with Gasteiger partial charge in [0.15, 0.2) is 0 Å². The lowest BCUT2D eigenvalue weighted by molar-refractivity contribution is -0.132. The first-order valence-corrected chi connectivity index (χ1v) is 7.71. The fourth-order valence-corrected chi connectivity index (χ4v) is 2.79. The molecule has 1 atom stereocenters. The molecule has 1 amide bonds. The molecule has 0 saturated carbocycles. The highest BCUT2D eigenvalue weighted by atomic mass is 79.9. The summed E-state index contributed by atoms with van der Waals surface area (Å²) in [6.07, 6.45) is 6.72. The summed E-state index contributed by atoms with van der Waals surface area (Å²) in [6, 6.07) is 6.18. The Morgan fingerprint density at radius 2 is 2.38 bits per heavy atom. The zero-order valence-corrected chi connectivity index (χ0v) is 13.6. The Balaban J connectivity index is 1.97. The standard InChI is InChI=1S/C16H19BrN2O2/c1-3-8-21-15-6-4-13(17)9-12(15)10-18-14-5-7-16(20)19(2)11-14/h1,4,6,9,14,18H,5,7-8,10-11H2,2H3. The lowest BCUT2D eigenvalue weighted by Crippen LogP contribution is -2.46. The molecule has 0 bridgehead atoms. The lowest BCUT2D eigenvalue weighted by Gasteiger charge is -2.30. The van der Waals surface area contributed by atoms with E-state index in [0.717, 1.165) is 28.8 Å². The predicted octanol–water partition coefficient (Wildman–Crippen LogP) is 2.17. The van der Waals surface area contributed by atoms with Gasteiger partial charge in [0.1, 0.15) is 12.4 Å². The van der Waals surface area contributed by atoms with E-state index >= 15 is 0 Å². The maximum atomic E-state index is 11.5. The van der Waals surface area contributed by atoms with E-state index < -0.39 is 0 Å². The molecule has 1 aromatic carbocycles. The predicted molar refractivity (Wildman–Crippen MR) is 86.0 cm³/mol. The van der Waals surface area contributed by atoms with E-state index in [1.807, 2.05) is 25.2 Å². The van der Waals surface area contributed by atoms with Crippen LogP contribution in [0.5, 0.6) is 5.75 Å². The zero-order chi connectivity index (χ0) is 15.2. The highest BCUT2D eigenvalue weighted by Crippen LogP contribution is 2.23. The number of likely N-dealkylation sites (tertiary alicyclic amines) is 1. The topological polar surface area (TPSA) is 41.6 Å². The molecule has 1 aliphatic heterocycles. The number of carbonyl (C=O) groups excluding carboxylic acids is 1. The van der Waals surface area contributed by atoms with Crippen molar-refractivity contribution in [1.82, 2.24) is 10.2 Å². The highest BCUT2D eigenvalue weighted by molar-refractivity contribution is 9.10. The molecule has 0 spiro atoms. The van der Waals surface area contributed by atoms with Gasteiger partial charge in [-0.25, -0.2) is 0 Å². The summed E-state index contributed by atoms with van der Waals surface area (Å²) in [5.41, 5.74) is 1.05. The normalized spacial score (nSPS) is 18.4. The van der Waals surface area contributed by atoms with E-state index in [-0.39, 0.29) is 12.5 Å². The minimum atomic E-state index is 0.216. The zero-order valence-electron chi connectivity index (χ0n) is 12.1. The number of amides is 1. The number of nitrogens with one attached hydrogen (secondary N) is 1. The molecule has 1 heterocycles. The first kappa shape index (κ1) is 15.9. The van der Waals surface area contributed by atoms with Crippen LogP contribution < -0.4 is 10.1 Å². The Morgan fingerprint density at radius 1 is 1.57 bits per heavy atom. The van der Waals surface area contributed by atoms with Gasteiger partial charge in [0.05, 0.1) is 0 Å². The minimum Gasteiger partial charge on any atom is -0.481 e. The van der Waals surface area contributed by atoms with Gasteiger partial charge in [-0.1, -0.05) is 21.9 Å². The second kappa shape index (κ2) is 7.48. The van der Waals surface area contributed by atoms with Crippen molar-refractivity contribution in [1.29, 1.82) is 0 Å². The number of hydrogen-bond acceptors (Lipinski definition) is 3. The first-order chi connectivity index (χ1) is 10.1. The van der Waals surface area contributed by atoms with Gasteiger partial charge in [0.2, 0.25) is 5.91 Å². The summed E-state index contributed by atoms with van der Waals surface area (Å²) in [6.45, 7) is 1.69. The molecule has 1 N–H and O–H groups in total. The van der Waals surface area contributed by atoms with Crippen molar-refractivity contribution in [2.75, 3.05) is 20.2 Å². The van der Waals surface area contributed by atoms with Crippen molar-refractivity contribution in [2.24, 2.45) is 0 Å². The van der Waals surface area contributed by atoms with Crippen LogP contribution in [0.4, 0.5) is 0 Å². The van der Waals surface area contributed by atoms with E-state index in [4.69, 9.17) is 11.2 Å². The molecular formula is C16H19BrN2O2. The van der Waals surface area contributed by atoms with Crippen molar-refractivity contribution in [3.63, 3.8) is 0 Å². The van der Waals surface area contributed by atoms with Crippen LogP contribution in [-0.2, 0) is 11.3 Å². The number of likely N-dealkylation sites (N-methyl/N-ethyl adjacent to an activating group) is 1. The SMILES string of the molecule is C#CCOc1ccc(Br)cc1CNC1CCC(=O)N(C)C1. The van der Waals surface area contributed by atoms with Gasteiger partial charge in [0.25, 0.3) is 0 Å². The molecule has 1 aliphatic rings. The van der Waals surface area contributed by atoms with Crippen molar-refractivity contribution in [3.05, 3.63) is 28.2 Å². The van der Waals surface area contributed by atoms with Crippen LogP contribution in [0, 0.1) is 12.3 Å². The third kappa shape index (κ3) is 4.48. The van der Waals surface area contributed by atoms with Crippen LogP contribution in [0.3, 0.4) is 0 Å². The first-order valence-electron chi connectivity index (χ1n) is 6.92. The third-order valence-corrected chi connectivity index (χ3v) is 4.03. The Labute approximate surface area is 134 Å². The molecule has 21 heavy (non-hydrogen) atoms. The van der Waals surface area contributed by atoms with Crippen molar-refractivity contribution >= 4 is 21.8 Å². The summed E-state index contributed by atoms with van der Waals surface area (Å²) < 4.78 is 6.56. The number of halogens is 1. The van der Waals surface area contributed by atoms with Crippen molar-refractivity contribution < 1.29 is 9.53 Å². The molecule has 0 aromatic heterocycles. The third-order valence-electron chi connectivity index (χ3n) is 3.54. The molecule has 5 heteroatoms.